The summed E-state index contributed by atoms with van der Waals surface area (Å²) in [5, 5.41) is 3.89. The molecule has 24 heavy (non-hydrogen) atoms. The maximum Gasteiger partial charge on any atom is 0.328 e. The summed E-state index contributed by atoms with van der Waals surface area (Å²) >= 11 is 0. The Kier molecular flexibility index (Phi) is 4.74. The van der Waals surface area contributed by atoms with Crippen molar-refractivity contribution < 1.29 is 19.1 Å². The van der Waals surface area contributed by atoms with Crippen molar-refractivity contribution in [3.8, 4) is 0 Å². The average molecular weight is 330 g/mol. The summed E-state index contributed by atoms with van der Waals surface area (Å²) in [5.41, 5.74) is 0.701. The number of esters is 1. The van der Waals surface area contributed by atoms with Gasteiger partial charge in [0.1, 0.15) is 12.2 Å². The van der Waals surface area contributed by atoms with Crippen LogP contribution in [0.1, 0.15) is 33.7 Å². The Hall–Kier alpha value is -2.90. The molecule has 1 amide bonds. The molecule has 3 heterocycles. The third-order valence-electron chi connectivity index (χ3n) is 3.84. The van der Waals surface area contributed by atoms with Gasteiger partial charge >= 0.3 is 5.97 Å². The number of aromatic nitrogens is 3. The van der Waals surface area contributed by atoms with Crippen molar-refractivity contribution in [2.24, 2.45) is 0 Å². The van der Waals surface area contributed by atoms with Gasteiger partial charge in [0.2, 0.25) is 5.78 Å². The number of hydrogen-bond donors (Lipinski definition) is 1. The quantitative estimate of drug-likeness (QED) is 0.626. The molecule has 0 aromatic carbocycles. The Morgan fingerprint density at radius 2 is 2.04 bits per heavy atom. The molecule has 0 bridgehead atoms. The predicted molar refractivity (Wildman–Crippen MR) is 83.4 cm³/mol. The van der Waals surface area contributed by atoms with Crippen molar-refractivity contribution in [3.63, 3.8) is 0 Å². The van der Waals surface area contributed by atoms with Crippen LogP contribution in [-0.2, 0) is 16.1 Å². The first kappa shape index (κ1) is 16.0. The van der Waals surface area contributed by atoms with E-state index >= 15 is 0 Å². The highest BCUT2D eigenvalue weighted by molar-refractivity contribution is 6.01. The zero-order chi connectivity index (χ0) is 16.9. The molecule has 1 aliphatic heterocycles. The van der Waals surface area contributed by atoms with Crippen LogP contribution in [0.25, 0.3) is 0 Å². The zero-order valence-electron chi connectivity index (χ0n) is 13.1. The van der Waals surface area contributed by atoms with Crippen LogP contribution in [0.5, 0.6) is 0 Å². The van der Waals surface area contributed by atoms with E-state index in [4.69, 9.17) is 4.74 Å². The second-order valence-corrected chi connectivity index (χ2v) is 5.59. The number of nitrogens with one attached hydrogen (secondary N) is 1. The molecule has 1 saturated heterocycles. The molecule has 126 valence electrons. The number of ether oxygens (including phenoxy) is 1. The largest absolute Gasteiger partial charge is 0.456 e. The normalized spacial score (nSPS) is 13.9. The highest BCUT2D eigenvalue weighted by Gasteiger charge is 2.22. The number of H-pyrrole nitrogens is 1. The molecule has 0 radical (unpaired) electrons. The molecule has 1 N–H and O–H groups in total. The van der Waals surface area contributed by atoms with Gasteiger partial charge in [-0.05, 0) is 25.0 Å². The first-order valence-corrected chi connectivity index (χ1v) is 7.77. The van der Waals surface area contributed by atoms with Crippen molar-refractivity contribution in [1.29, 1.82) is 0 Å². The lowest BCUT2D eigenvalue weighted by atomic mass is 10.2. The number of carbonyl (C=O) groups excluding carboxylic acids is 3. The lowest BCUT2D eigenvalue weighted by molar-refractivity contribution is -0.143. The number of aromatic amines is 1. The summed E-state index contributed by atoms with van der Waals surface area (Å²) in [4.78, 5) is 40.5. The van der Waals surface area contributed by atoms with E-state index < -0.39 is 5.97 Å². The van der Waals surface area contributed by atoms with Crippen LogP contribution >= 0.6 is 0 Å². The van der Waals surface area contributed by atoms with E-state index in [0.29, 0.717) is 11.3 Å². The van der Waals surface area contributed by atoms with Crippen molar-refractivity contribution in [2.75, 3.05) is 19.7 Å². The van der Waals surface area contributed by atoms with Crippen LogP contribution in [0.15, 0.2) is 30.7 Å². The fraction of sp³-hybridized carbons (Fsp3) is 0.375. The molecular weight excluding hydrogens is 312 g/mol. The fourth-order valence-electron chi connectivity index (χ4n) is 2.57. The van der Waals surface area contributed by atoms with Gasteiger partial charge in [0, 0.05) is 37.2 Å². The molecule has 0 unspecified atom stereocenters. The molecule has 0 atom stereocenters. The summed E-state index contributed by atoms with van der Waals surface area (Å²) in [6.07, 6.45) is 6.66. The summed E-state index contributed by atoms with van der Waals surface area (Å²) in [6.45, 7) is 1.07. The van der Waals surface area contributed by atoms with Crippen LogP contribution in [0.4, 0.5) is 0 Å². The second-order valence-electron chi connectivity index (χ2n) is 5.59. The van der Waals surface area contributed by atoms with E-state index in [0.717, 1.165) is 25.9 Å². The van der Waals surface area contributed by atoms with Gasteiger partial charge in [-0.15, -0.1) is 0 Å². The minimum absolute atomic E-state index is 0.0495. The summed E-state index contributed by atoms with van der Waals surface area (Å²) in [6, 6.07) is 3.20. The van der Waals surface area contributed by atoms with Crippen molar-refractivity contribution in [2.45, 2.75) is 19.4 Å². The number of likely N-dealkylation sites (tertiary alicyclic amines) is 1. The number of carbonyl (C=O) groups is 3. The molecule has 0 aliphatic carbocycles. The van der Waals surface area contributed by atoms with E-state index in [9.17, 15) is 14.4 Å². The summed E-state index contributed by atoms with van der Waals surface area (Å²) < 4.78 is 6.36. The van der Waals surface area contributed by atoms with Crippen LogP contribution < -0.4 is 0 Å². The van der Waals surface area contributed by atoms with Crippen LogP contribution in [0.3, 0.4) is 0 Å². The molecule has 0 saturated carbocycles. The van der Waals surface area contributed by atoms with E-state index in [1.807, 2.05) is 0 Å². The highest BCUT2D eigenvalue weighted by atomic mass is 16.5. The van der Waals surface area contributed by atoms with Crippen LogP contribution in [0, 0.1) is 0 Å². The number of nitrogens with zero attached hydrogens (tertiary/aromatic N) is 3. The molecule has 3 rings (SSSR count). The third-order valence-corrected chi connectivity index (χ3v) is 3.84. The maximum atomic E-state index is 12.2. The van der Waals surface area contributed by atoms with E-state index in [1.165, 1.54) is 16.9 Å². The highest BCUT2D eigenvalue weighted by Crippen LogP contribution is 2.13. The first-order valence-electron chi connectivity index (χ1n) is 7.77. The Labute approximate surface area is 138 Å². The van der Waals surface area contributed by atoms with Gasteiger partial charge in [-0.3, -0.25) is 19.1 Å². The van der Waals surface area contributed by atoms with E-state index in [1.54, 1.807) is 23.4 Å². The summed E-state index contributed by atoms with van der Waals surface area (Å²) in [5.74, 6) is -1.02. The Balaban J connectivity index is 1.52. The molecule has 8 heteroatoms. The molecule has 2 aromatic heterocycles. The molecular formula is C16H18N4O4. The molecule has 8 nitrogen and oxygen atoms in total. The van der Waals surface area contributed by atoms with Crippen molar-refractivity contribution >= 4 is 17.7 Å². The maximum absolute atomic E-state index is 12.2. The lowest BCUT2D eigenvalue weighted by Crippen LogP contribution is -2.27. The third kappa shape index (κ3) is 3.70. The van der Waals surface area contributed by atoms with Gasteiger partial charge in [0.05, 0.1) is 0 Å². The predicted octanol–water partition coefficient (Wildman–Crippen LogP) is 0.873. The van der Waals surface area contributed by atoms with Gasteiger partial charge in [-0.2, -0.15) is 5.10 Å². The minimum Gasteiger partial charge on any atom is -0.456 e. The smallest absolute Gasteiger partial charge is 0.328 e. The van der Waals surface area contributed by atoms with Gasteiger partial charge < -0.3 is 14.6 Å². The van der Waals surface area contributed by atoms with E-state index in [-0.39, 0.29) is 24.8 Å². The van der Waals surface area contributed by atoms with Crippen LogP contribution in [-0.4, -0.2) is 57.0 Å². The number of Topliss-reactive ketones (excluding diaryl/α,β-unsaturated/α-hetero) is 1. The van der Waals surface area contributed by atoms with Gasteiger partial charge in [-0.1, -0.05) is 0 Å². The number of hydrogen-bond acceptors (Lipinski definition) is 5. The van der Waals surface area contributed by atoms with Gasteiger partial charge in [0.25, 0.3) is 5.91 Å². The average Bonchev–Trinajstić information content (AvgIpc) is 3.33. The summed E-state index contributed by atoms with van der Waals surface area (Å²) in [7, 11) is 0. The molecule has 0 spiro atoms. The van der Waals surface area contributed by atoms with E-state index in [2.05, 4.69) is 10.1 Å². The Bertz CT molecular complexity index is 729. The molecule has 1 fully saturated rings. The second kappa shape index (κ2) is 7.12. The first-order chi connectivity index (χ1) is 11.6. The van der Waals surface area contributed by atoms with Gasteiger partial charge in [-0.25, -0.2) is 0 Å². The Morgan fingerprint density at radius 3 is 2.75 bits per heavy atom. The zero-order valence-corrected chi connectivity index (χ0v) is 13.1. The number of amides is 1. The topological polar surface area (TPSA) is 97.3 Å². The minimum atomic E-state index is -0.545. The monoisotopic (exact) mass is 330 g/mol. The molecule has 2 aromatic rings. The van der Waals surface area contributed by atoms with Crippen molar-refractivity contribution in [3.05, 3.63) is 42.0 Å². The Morgan fingerprint density at radius 1 is 1.25 bits per heavy atom. The van der Waals surface area contributed by atoms with Crippen molar-refractivity contribution in [1.82, 2.24) is 19.7 Å². The number of rotatable bonds is 6. The lowest BCUT2D eigenvalue weighted by Gasteiger charge is -2.13. The number of ketones is 1. The van der Waals surface area contributed by atoms with Crippen LogP contribution in [0.2, 0.25) is 0 Å². The van der Waals surface area contributed by atoms with Gasteiger partial charge in [0.15, 0.2) is 6.61 Å². The standard InChI is InChI=1S/C16H18N4O4/c21-14(11-24-15(22)10-20-7-3-4-18-20)12-8-13(17-9-12)16(23)19-5-1-2-6-19/h3-4,7-9,17H,1-2,5-6,10-11H2. The SMILES string of the molecule is O=C(Cn1cccn1)OCC(=O)c1c[nH]c(C(=O)N2CCCC2)c1. The molecule has 1 aliphatic rings. The fourth-order valence-corrected chi connectivity index (χ4v) is 2.57.